The van der Waals surface area contributed by atoms with Crippen molar-refractivity contribution in [2.75, 3.05) is 5.32 Å². The number of nitrogens with one attached hydrogen (secondary N) is 1. The molecule has 0 aliphatic heterocycles. The number of anilines is 1. The van der Waals surface area contributed by atoms with Crippen molar-refractivity contribution in [2.45, 2.75) is 65.0 Å². The molecule has 2 aromatic heterocycles. The van der Waals surface area contributed by atoms with Gasteiger partial charge in [0, 0.05) is 24.5 Å². The molecule has 0 spiro atoms. The minimum Gasteiger partial charge on any atom is -0.382 e. The first-order chi connectivity index (χ1) is 9.83. The van der Waals surface area contributed by atoms with Crippen molar-refractivity contribution >= 4 is 16.7 Å². The van der Waals surface area contributed by atoms with Crippen molar-refractivity contribution in [1.29, 1.82) is 0 Å². The molecule has 1 fully saturated rings. The lowest BCUT2D eigenvalue weighted by Crippen LogP contribution is -2.22. The summed E-state index contributed by atoms with van der Waals surface area (Å²) in [6.07, 6.45) is 9.51. The molecule has 0 saturated heterocycles. The molecule has 108 valence electrons. The second-order valence-electron chi connectivity index (χ2n) is 5.65. The van der Waals surface area contributed by atoms with Gasteiger partial charge in [0.15, 0.2) is 5.65 Å². The van der Waals surface area contributed by atoms with Crippen LogP contribution in [-0.2, 0) is 13.0 Å². The Hall–Kier alpha value is -1.58. The Kier molecular flexibility index (Phi) is 3.90. The first-order valence-electron chi connectivity index (χ1n) is 7.94. The highest BCUT2D eigenvalue weighted by Crippen LogP contribution is 2.29. The molecule has 1 saturated carbocycles. The largest absolute Gasteiger partial charge is 0.382 e. The van der Waals surface area contributed by atoms with Gasteiger partial charge in [-0.3, -0.25) is 0 Å². The molecule has 2 heterocycles. The lowest BCUT2D eigenvalue weighted by atomic mass is 9.95. The number of fused-ring (bicyclic) bond motifs is 1. The van der Waals surface area contributed by atoms with Crippen LogP contribution in [0.1, 0.15) is 51.6 Å². The molecule has 1 aliphatic rings. The summed E-state index contributed by atoms with van der Waals surface area (Å²) in [7, 11) is 0. The Morgan fingerprint density at radius 2 is 2.05 bits per heavy atom. The predicted octanol–water partition coefficient (Wildman–Crippen LogP) is 3.76. The molecule has 20 heavy (non-hydrogen) atoms. The second-order valence-corrected chi connectivity index (χ2v) is 5.65. The third-order valence-corrected chi connectivity index (χ3v) is 4.30. The van der Waals surface area contributed by atoms with Gasteiger partial charge in [0.25, 0.3) is 0 Å². The Morgan fingerprint density at radius 3 is 2.75 bits per heavy atom. The first kappa shape index (κ1) is 13.4. The maximum Gasteiger partial charge on any atom is 0.160 e. The minimum absolute atomic E-state index is 0.615. The van der Waals surface area contributed by atoms with Gasteiger partial charge in [-0.05, 0) is 32.3 Å². The van der Waals surface area contributed by atoms with Crippen molar-refractivity contribution in [3.8, 4) is 0 Å². The summed E-state index contributed by atoms with van der Waals surface area (Å²) in [4.78, 5) is 4.53. The van der Waals surface area contributed by atoms with E-state index in [0.29, 0.717) is 6.04 Å². The standard InChI is InChI=1S/C16H24N4/c1-3-13-15-14(18-12-8-6-5-7-9-12)10-11-17-16(15)20(4-2)19-13/h10-12H,3-9H2,1-2H3,(H,17,18). The normalized spacial score (nSPS) is 16.7. The van der Waals surface area contributed by atoms with Crippen LogP contribution < -0.4 is 5.32 Å². The van der Waals surface area contributed by atoms with E-state index in [1.807, 2.05) is 10.9 Å². The highest BCUT2D eigenvalue weighted by atomic mass is 15.3. The number of aryl methyl sites for hydroxylation is 2. The Labute approximate surface area is 120 Å². The second kappa shape index (κ2) is 5.81. The molecular weight excluding hydrogens is 248 g/mol. The van der Waals surface area contributed by atoms with Crippen molar-refractivity contribution in [1.82, 2.24) is 14.8 Å². The van der Waals surface area contributed by atoms with Gasteiger partial charge in [-0.25, -0.2) is 9.67 Å². The number of pyridine rings is 1. The number of aromatic nitrogens is 3. The molecule has 0 unspecified atom stereocenters. The maximum absolute atomic E-state index is 4.69. The quantitative estimate of drug-likeness (QED) is 0.921. The fourth-order valence-electron chi connectivity index (χ4n) is 3.23. The molecule has 1 N–H and O–H groups in total. The van der Waals surface area contributed by atoms with Gasteiger partial charge in [0.05, 0.1) is 11.1 Å². The van der Waals surface area contributed by atoms with Gasteiger partial charge in [-0.1, -0.05) is 26.2 Å². The van der Waals surface area contributed by atoms with Gasteiger partial charge in [0.2, 0.25) is 0 Å². The van der Waals surface area contributed by atoms with Crippen molar-refractivity contribution < 1.29 is 0 Å². The van der Waals surface area contributed by atoms with E-state index >= 15 is 0 Å². The summed E-state index contributed by atoms with van der Waals surface area (Å²) < 4.78 is 2.01. The molecule has 4 heteroatoms. The van der Waals surface area contributed by atoms with Gasteiger partial charge in [-0.15, -0.1) is 0 Å². The van der Waals surface area contributed by atoms with E-state index in [-0.39, 0.29) is 0 Å². The third kappa shape index (κ3) is 2.39. The van der Waals surface area contributed by atoms with Crippen LogP contribution in [0.5, 0.6) is 0 Å². The van der Waals surface area contributed by atoms with E-state index in [9.17, 15) is 0 Å². The molecule has 0 aromatic carbocycles. The van der Waals surface area contributed by atoms with Crippen LogP contribution in [0, 0.1) is 0 Å². The first-order valence-corrected chi connectivity index (χ1v) is 7.94. The lowest BCUT2D eigenvalue weighted by Gasteiger charge is -2.24. The zero-order chi connectivity index (χ0) is 13.9. The zero-order valence-corrected chi connectivity index (χ0v) is 12.5. The number of rotatable bonds is 4. The monoisotopic (exact) mass is 272 g/mol. The van der Waals surface area contributed by atoms with Crippen LogP contribution in [0.4, 0.5) is 5.69 Å². The summed E-state index contributed by atoms with van der Waals surface area (Å²) in [5, 5.41) is 9.66. The van der Waals surface area contributed by atoms with E-state index in [1.54, 1.807) is 0 Å². The number of hydrogen-bond acceptors (Lipinski definition) is 3. The van der Waals surface area contributed by atoms with Crippen LogP contribution in [0.2, 0.25) is 0 Å². The van der Waals surface area contributed by atoms with Crippen LogP contribution in [0.3, 0.4) is 0 Å². The summed E-state index contributed by atoms with van der Waals surface area (Å²) in [5.74, 6) is 0. The van der Waals surface area contributed by atoms with Gasteiger partial charge >= 0.3 is 0 Å². The van der Waals surface area contributed by atoms with Crippen LogP contribution >= 0.6 is 0 Å². The van der Waals surface area contributed by atoms with E-state index in [4.69, 9.17) is 5.10 Å². The highest BCUT2D eigenvalue weighted by molar-refractivity contribution is 5.91. The SMILES string of the molecule is CCc1nn(CC)c2nccc(NC3CCCCC3)c12. The summed E-state index contributed by atoms with van der Waals surface area (Å²) >= 11 is 0. The average molecular weight is 272 g/mol. The summed E-state index contributed by atoms with van der Waals surface area (Å²) in [6.45, 7) is 5.16. The molecule has 0 bridgehead atoms. The average Bonchev–Trinajstić information content (AvgIpc) is 2.87. The highest BCUT2D eigenvalue weighted by Gasteiger charge is 2.17. The number of nitrogens with zero attached hydrogens (tertiary/aromatic N) is 3. The molecule has 4 nitrogen and oxygen atoms in total. The molecule has 1 aliphatic carbocycles. The Morgan fingerprint density at radius 1 is 1.25 bits per heavy atom. The molecular formula is C16H24N4. The number of hydrogen-bond donors (Lipinski definition) is 1. The molecule has 0 amide bonds. The van der Waals surface area contributed by atoms with Crippen LogP contribution in [0.25, 0.3) is 11.0 Å². The van der Waals surface area contributed by atoms with E-state index in [0.717, 1.165) is 24.3 Å². The van der Waals surface area contributed by atoms with Crippen molar-refractivity contribution in [3.05, 3.63) is 18.0 Å². The topological polar surface area (TPSA) is 42.7 Å². The molecule has 0 radical (unpaired) electrons. The molecule has 0 atom stereocenters. The lowest BCUT2D eigenvalue weighted by molar-refractivity contribution is 0.463. The summed E-state index contributed by atoms with van der Waals surface area (Å²) in [6, 6.07) is 2.72. The Balaban J connectivity index is 1.99. The molecule has 3 rings (SSSR count). The van der Waals surface area contributed by atoms with Crippen molar-refractivity contribution in [2.24, 2.45) is 0 Å². The van der Waals surface area contributed by atoms with Crippen LogP contribution in [-0.4, -0.2) is 20.8 Å². The van der Waals surface area contributed by atoms with Gasteiger partial charge < -0.3 is 5.32 Å². The fraction of sp³-hybridized carbons (Fsp3) is 0.625. The summed E-state index contributed by atoms with van der Waals surface area (Å²) in [5.41, 5.74) is 3.40. The van der Waals surface area contributed by atoms with E-state index in [2.05, 4.69) is 30.2 Å². The van der Waals surface area contributed by atoms with Gasteiger partial charge in [-0.2, -0.15) is 5.10 Å². The smallest absolute Gasteiger partial charge is 0.160 e. The van der Waals surface area contributed by atoms with Crippen molar-refractivity contribution in [3.63, 3.8) is 0 Å². The van der Waals surface area contributed by atoms with Gasteiger partial charge in [0.1, 0.15) is 0 Å². The zero-order valence-electron chi connectivity index (χ0n) is 12.5. The Bertz CT molecular complexity index is 581. The predicted molar refractivity (Wildman–Crippen MR) is 83.1 cm³/mol. The van der Waals surface area contributed by atoms with E-state index < -0.39 is 0 Å². The maximum atomic E-state index is 4.69. The van der Waals surface area contributed by atoms with E-state index in [1.165, 1.54) is 43.2 Å². The minimum atomic E-state index is 0.615. The van der Waals surface area contributed by atoms with Crippen LogP contribution in [0.15, 0.2) is 12.3 Å². The third-order valence-electron chi connectivity index (χ3n) is 4.30. The molecule has 2 aromatic rings. The fourth-order valence-corrected chi connectivity index (χ4v) is 3.23.